The van der Waals surface area contributed by atoms with Crippen molar-refractivity contribution in [3.8, 4) is 0 Å². The highest BCUT2D eigenvalue weighted by Crippen LogP contribution is 2.15. The van der Waals surface area contributed by atoms with Crippen LogP contribution in [-0.4, -0.2) is 17.2 Å². The Morgan fingerprint density at radius 2 is 1.93 bits per heavy atom. The second-order valence-corrected chi connectivity index (χ2v) is 5.07. The van der Waals surface area contributed by atoms with E-state index in [1.165, 1.54) is 6.26 Å². The van der Waals surface area contributed by atoms with Crippen molar-refractivity contribution in [3.63, 3.8) is 0 Å². The Balaban J connectivity index is 3.87. The Hall–Kier alpha value is -0.830. The lowest BCUT2D eigenvalue weighted by Crippen LogP contribution is -2.21. The number of ether oxygens (including phenoxy) is 1. The van der Waals surface area contributed by atoms with Gasteiger partial charge in [-0.25, -0.2) is 0 Å². The summed E-state index contributed by atoms with van der Waals surface area (Å²) in [6.45, 7) is 9.28. The molecular formula is C12H22O3. The third-order valence-electron chi connectivity index (χ3n) is 2.03. The van der Waals surface area contributed by atoms with Gasteiger partial charge in [0.15, 0.2) is 0 Å². The summed E-state index contributed by atoms with van der Waals surface area (Å²) in [7, 11) is 0. The van der Waals surface area contributed by atoms with Crippen LogP contribution in [0.5, 0.6) is 0 Å². The Morgan fingerprint density at radius 3 is 2.33 bits per heavy atom. The molecule has 0 aromatic carbocycles. The van der Waals surface area contributed by atoms with Crippen molar-refractivity contribution in [2.24, 2.45) is 11.3 Å². The number of rotatable bonds is 4. The van der Waals surface area contributed by atoms with Crippen LogP contribution in [0.1, 0.15) is 41.0 Å². The molecule has 0 aliphatic carbocycles. The second-order valence-electron chi connectivity index (χ2n) is 5.07. The molecule has 0 rings (SSSR count). The van der Waals surface area contributed by atoms with Gasteiger partial charge in [-0.3, -0.25) is 4.79 Å². The number of aliphatic hydroxyl groups is 1. The molecule has 3 nitrogen and oxygen atoms in total. The van der Waals surface area contributed by atoms with Crippen molar-refractivity contribution in [3.05, 3.63) is 12.3 Å². The molecule has 1 atom stereocenters. The molecule has 0 fully saturated rings. The highest BCUT2D eigenvalue weighted by molar-refractivity contribution is 5.75. The number of esters is 1. The highest BCUT2D eigenvalue weighted by atomic mass is 16.5. The molecule has 1 N–H and O–H groups in total. The van der Waals surface area contributed by atoms with Gasteiger partial charge in [-0.1, -0.05) is 13.8 Å². The molecule has 0 saturated carbocycles. The highest BCUT2D eigenvalue weighted by Gasteiger charge is 2.22. The van der Waals surface area contributed by atoms with Crippen LogP contribution in [0.15, 0.2) is 12.3 Å². The third kappa shape index (κ3) is 6.28. The first-order valence-electron chi connectivity index (χ1n) is 5.29. The normalized spacial score (nSPS) is 14.6. The average Bonchev–Trinajstić information content (AvgIpc) is 2.09. The summed E-state index contributed by atoms with van der Waals surface area (Å²) in [6.07, 6.45) is 3.16. The quantitative estimate of drug-likeness (QED) is 0.577. The van der Waals surface area contributed by atoms with E-state index in [2.05, 4.69) is 0 Å². The molecular weight excluding hydrogens is 192 g/mol. The molecule has 3 heteroatoms. The van der Waals surface area contributed by atoms with Gasteiger partial charge in [0.05, 0.1) is 17.8 Å². The predicted octanol–water partition coefficient (Wildman–Crippen LogP) is 2.50. The molecule has 0 saturated heterocycles. The van der Waals surface area contributed by atoms with Crippen LogP contribution < -0.4 is 0 Å². The molecule has 0 bridgehead atoms. The molecule has 0 aliphatic heterocycles. The number of hydrogen-bond donors (Lipinski definition) is 1. The molecule has 15 heavy (non-hydrogen) atoms. The maximum Gasteiger partial charge on any atom is 0.316 e. The summed E-state index contributed by atoms with van der Waals surface area (Å²) >= 11 is 0. The predicted molar refractivity (Wildman–Crippen MR) is 60.1 cm³/mol. The van der Waals surface area contributed by atoms with Crippen molar-refractivity contribution in [2.45, 2.75) is 47.1 Å². The zero-order chi connectivity index (χ0) is 12.1. The van der Waals surface area contributed by atoms with E-state index in [1.807, 2.05) is 13.8 Å². The summed E-state index contributed by atoms with van der Waals surface area (Å²) in [5, 5.41) is 9.46. The van der Waals surface area contributed by atoms with Crippen LogP contribution in [0.25, 0.3) is 0 Å². The number of carbonyl (C=O) groups is 1. The lowest BCUT2D eigenvalue weighted by atomic mass is 9.97. The largest absolute Gasteiger partial charge is 0.434 e. The van der Waals surface area contributed by atoms with Crippen LogP contribution in [-0.2, 0) is 9.53 Å². The molecule has 0 aromatic heterocycles. The van der Waals surface area contributed by atoms with Gasteiger partial charge in [0.2, 0.25) is 0 Å². The Morgan fingerprint density at radius 1 is 1.40 bits per heavy atom. The smallest absolute Gasteiger partial charge is 0.316 e. The first-order valence-corrected chi connectivity index (χ1v) is 5.29. The maximum atomic E-state index is 11.3. The van der Waals surface area contributed by atoms with E-state index < -0.39 is 5.41 Å². The van der Waals surface area contributed by atoms with Crippen molar-refractivity contribution < 1.29 is 14.6 Å². The van der Waals surface area contributed by atoms with Gasteiger partial charge in [-0.05, 0) is 39.2 Å². The van der Waals surface area contributed by atoms with Crippen molar-refractivity contribution in [1.29, 1.82) is 0 Å². The Labute approximate surface area is 92.1 Å². The standard InChI is InChI=1S/C12H22O3/c1-9(2)10(13)7-6-8-15-11(14)12(3,4)5/h6,8-10,13H,7H2,1-5H3/b8-6-. The summed E-state index contributed by atoms with van der Waals surface area (Å²) in [5.41, 5.74) is -0.485. The number of carbonyl (C=O) groups excluding carboxylic acids is 1. The third-order valence-corrected chi connectivity index (χ3v) is 2.03. The summed E-state index contributed by atoms with van der Waals surface area (Å²) in [5.74, 6) is -0.0502. The molecule has 0 radical (unpaired) electrons. The van der Waals surface area contributed by atoms with Crippen molar-refractivity contribution >= 4 is 5.97 Å². The van der Waals surface area contributed by atoms with Gasteiger partial charge in [0.1, 0.15) is 0 Å². The molecule has 88 valence electrons. The van der Waals surface area contributed by atoms with Gasteiger partial charge in [0.25, 0.3) is 0 Å². The van der Waals surface area contributed by atoms with Gasteiger partial charge in [-0.2, -0.15) is 0 Å². The molecule has 1 unspecified atom stereocenters. The van der Waals surface area contributed by atoms with E-state index in [-0.39, 0.29) is 18.0 Å². The van der Waals surface area contributed by atoms with Crippen LogP contribution >= 0.6 is 0 Å². The molecule has 0 amide bonds. The van der Waals surface area contributed by atoms with Gasteiger partial charge in [0, 0.05) is 0 Å². The number of hydrogen-bond acceptors (Lipinski definition) is 3. The van der Waals surface area contributed by atoms with E-state index in [4.69, 9.17) is 4.74 Å². The fraction of sp³-hybridized carbons (Fsp3) is 0.750. The van der Waals surface area contributed by atoms with Crippen molar-refractivity contribution in [2.75, 3.05) is 0 Å². The van der Waals surface area contributed by atoms with Gasteiger partial charge in [-0.15, -0.1) is 0 Å². The minimum Gasteiger partial charge on any atom is -0.434 e. The Kier molecular flexibility index (Phi) is 5.58. The summed E-state index contributed by atoms with van der Waals surface area (Å²) < 4.78 is 4.91. The van der Waals surface area contributed by atoms with Crippen LogP contribution in [0, 0.1) is 11.3 Å². The lowest BCUT2D eigenvalue weighted by Gasteiger charge is -2.14. The first kappa shape index (κ1) is 14.2. The first-order chi connectivity index (χ1) is 6.75. The fourth-order valence-electron chi connectivity index (χ4n) is 0.754. The fourth-order valence-corrected chi connectivity index (χ4v) is 0.754. The van der Waals surface area contributed by atoms with E-state index in [9.17, 15) is 9.90 Å². The van der Waals surface area contributed by atoms with Crippen LogP contribution in [0.2, 0.25) is 0 Å². The van der Waals surface area contributed by atoms with E-state index in [0.29, 0.717) is 6.42 Å². The van der Waals surface area contributed by atoms with E-state index in [0.717, 1.165) is 0 Å². The van der Waals surface area contributed by atoms with Crippen molar-refractivity contribution in [1.82, 2.24) is 0 Å². The summed E-state index contributed by atoms with van der Waals surface area (Å²) in [4.78, 5) is 11.3. The van der Waals surface area contributed by atoms with E-state index in [1.54, 1.807) is 26.8 Å². The van der Waals surface area contributed by atoms with Crippen LogP contribution in [0.3, 0.4) is 0 Å². The molecule has 0 spiro atoms. The van der Waals surface area contributed by atoms with Crippen LogP contribution in [0.4, 0.5) is 0 Å². The summed E-state index contributed by atoms with van der Waals surface area (Å²) in [6, 6.07) is 0. The minimum atomic E-state index is -0.485. The Bertz CT molecular complexity index is 224. The minimum absolute atomic E-state index is 0.216. The van der Waals surface area contributed by atoms with Gasteiger partial charge >= 0.3 is 5.97 Å². The lowest BCUT2D eigenvalue weighted by molar-refractivity contribution is -0.146. The molecule has 0 heterocycles. The molecule has 0 aromatic rings. The number of aliphatic hydroxyl groups excluding tert-OH is 1. The van der Waals surface area contributed by atoms with E-state index >= 15 is 0 Å². The average molecular weight is 214 g/mol. The maximum absolute atomic E-state index is 11.3. The zero-order valence-electron chi connectivity index (χ0n) is 10.3. The monoisotopic (exact) mass is 214 g/mol. The van der Waals surface area contributed by atoms with Gasteiger partial charge < -0.3 is 9.84 Å². The zero-order valence-corrected chi connectivity index (χ0v) is 10.3. The second kappa shape index (κ2) is 5.91. The topological polar surface area (TPSA) is 46.5 Å². The molecule has 0 aliphatic rings. The SMILES string of the molecule is CC(C)C(O)C/C=C\OC(=O)C(C)(C)C.